The third kappa shape index (κ3) is 4.55. The van der Waals surface area contributed by atoms with E-state index in [-0.39, 0.29) is 28.7 Å². The molecule has 5 heteroatoms. The van der Waals surface area contributed by atoms with Crippen LogP contribution in [0.2, 0.25) is 0 Å². The van der Waals surface area contributed by atoms with Gasteiger partial charge in [-0.05, 0) is 88.5 Å². The van der Waals surface area contributed by atoms with Crippen LogP contribution >= 0.6 is 0 Å². The fourth-order valence-electron chi connectivity index (χ4n) is 4.43. The van der Waals surface area contributed by atoms with Crippen LogP contribution in [0.5, 0.6) is 28.7 Å². The number of phenols is 5. The lowest BCUT2D eigenvalue weighted by atomic mass is 9.82. The van der Waals surface area contributed by atoms with Crippen molar-refractivity contribution in [2.45, 2.75) is 5.92 Å². The van der Waals surface area contributed by atoms with E-state index in [9.17, 15) is 25.5 Å². The second kappa shape index (κ2) is 9.39. The summed E-state index contributed by atoms with van der Waals surface area (Å²) in [5.41, 5.74) is 5.31. The predicted octanol–water partition coefficient (Wildman–Crippen LogP) is 6.73. The molecular weight excluding hydrogens is 452 g/mol. The van der Waals surface area contributed by atoms with Gasteiger partial charge in [0.15, 0.2) is 0 Å². The molecule has 0 atom stereocenters. The molecule has 0 aromatic heterocycles. The minimum Gasteiger partial charge on any atom is -0.508 e. The largest absolute Gasteiger partial charge is 0.508 e. The van der Waals surface area contributed by atoms with Crippen molar-refractivity contribution >= 4 is 0 Å². The predicted molar refractivity (Wildman–Crippen MR) is 139 cm³/mol. The first-order valence-corrected chi connectivity index (χ1v) is 11.4. The van der Waals surface area contributed by atoms with Gasteiger partial charge in [-0.2, -0.15) is 0 Å². The Kier molecular flexibility index (Phi) is 5.97. The first-order valence-electron chi connectivity index (χ1n) is 11.4. The van der Waals surface area contributed by atoms with E-state index in [1.54, 1.807) is 97.1 Å². The summed E-state index contributed by atoms with van der Waals surface area (Å²) in [4.78, 5) is 0. The van der Waals surface area contributed by atoms with E-state index in [0.717, 1.165) is 27.8 Å². The molecule has 5 rings (SSSR count). The number of hydrogen-bond acceptors (Lipinski definition) is 5. The molecule has 0 amide bonds. The van der Waals surface area contributed by atoms with Crippen molar-refractivity contribution in [1.29, 1.82) is 0 Å². The van der Waals surface area contributed by atoms with Gasteiger partial charge in [-0.3, -0.25) is 0 Å². The molecule has 5 aromatic rings. The number of rotatable bonds is 5. The van der Waals surface area contributed by atoms with Crippen LogP contribution in [0.15, 0.2) is 109 Å². The Bertz CT molecular complexity index is 1410. The van der Waals surface area contributed by atoms with E-state index in [1.807, 2.05) is 12.1 Å². The number of aromatic hydroxyl groups is 5. The van der Waals surface area contributed by atoms with Gasteiger partial charge < -0.3 is 25.5 Å². The lowest BCUT2D eigenvalue weighted by Crippen LogP contribution is -2.05. The summed E-state index contributed by atoms with van der Waals surface area (Å²) in [5.74, 6) is 0.00261. The van der Waals surface area contributed by atoms with Crippen molar-refractivity contribution in [2.75, 3.05) is 0 Å². The summed E-state index contributed by atoms with van der Waals surface area (Å²) in [7, 11) is 0. The summed E-state index contributed by atoms with van der Waals surface area (Å²) in [6.45, 7) is 0. The van der Waals surface area contributed by atoms with Crippen LogP contribution in [0.1, 0.15) is 22.6 Å². The number of phenolic OH excluding ortho intramolecular Hbond substituents is 5. The Hall–Kier alpha value is -4.90. The summed E-state index contributed by atoms with van der Waals surface area (Å²) in [5, 5.41) is 51.2. The summed E-state index contributed by atoms with van der Waals surface area (Å²) >= 11 is 0. The van der Waals surface area contributed by atoms with Gasteiger partial charge in [0.1, 0.15) is 28.7 Å². The van der Waals surface area contributed by atoms with Crippen LogP contribution in [0.25, 0.3) is 22.3 Å². The van der Waals surface area contributed by atoms with Crippen molar-refractivity contribution in [3.05, 3.63) is 126 Å². The Labute approximate surface area is 208 Å². The lowest BCUT2D eigenvalue weighted by Gasteiger charge is -2.23. The average Bonchev–Trinajstić information content (AvgIpc) is 2.88. The van der Waals surface area contributed by atoms with Crippen LogP contribution in [0.4, 0.5) is 0 Å². The molecule has 0 aliphatic rings. The Balaban J connectivity index is 1.70. The van der Waals surface area contributed by atoms with E-state index in [0.29, 0.717) is 11.1 Å². The molecular formula is C31H24O5. The molecule has 5 nitrogen and oxygen atoms in total. The van der Waals surface area contributed by atoms with Gasteiger partial charge in [0.05, 0.1) is 0 Å². The smallest absolute Gasteiger partial charge is 0.119 e. The summed E-state index contributed by atoms with van der Waals surface area (Å²) < 4.78 is 0. The lowest BCUT2D eigenvalue weighted by molar-refractivity contribution is 0.458. The highest BCUT2D eigenvalue weighted by atomic mass is 16.3. The van der Waals surface area contributed by atoms with Gasteiger partial charge in [-0.1, -0.05) is 48.5 Å². The van der Waals surface area contributed by atoms with Gasteiger partial charge in [0.25, 0.3) is 0 Å². The molecule has 178 valence electrons. The Morgan fingerprint density at radius 3 is 1.08 bits per heavy atom. The first kappa shape index (κ1) is 22.9. The zero-order chi connectivity index (χ0) is 25.2. The molecule has 36 heavy (non-hydrogen) atoms. The highest BCUT2D eigenvalue weighted by Crippen LogP contribution is 2.43. The third-order valence-corrected chi connectivity index (χ3v) is 6.30. The van der Waals surface area contributed by atoms with E-state index in [4.69, 9.17) is 0 Å². The maximum absolute atomic E-state index is 11.0. The molecule has 0 fully saturated rings. The SMILES string of the molecule is Oc1ccc(-c2ccc(O)c(C(c3ccc(O)cc3)c3cc(-c4ccc(O)cc4)ccc3O)c2)cc1. The Morgan fingerprint density at radius 2 is 0.694 bits per heavy atom. The molecule has 0 radical (unpaired) electrons. The van der Waals surface area contributed by atoms with Gasteiger partial charge in [-0.15, -0.1) is 0 Å². The van der Waals surface area contributed by atoms with Crippen molar-refractivity contribution in [3.8, 4) is 51.0 Å². The van der Waals surface area contributed by atoms with Gasteiger partial charge in [0.2, 0.25) is 0 Å². The standard InChI is InChI=1S/C31H24O5/c32-24-9-1-19(2-10-24)22-7-15-29(35)27(17-22)31(21-5-13-26(34)14-6-21)28-18-23(8-16-30(28)36)20-3-11-25(33)12-4-20/h1-18,31-36H. The van der Waals surface area contributed by atoms with Gasteiger partial charge in [0, 0.05) is 17.0 Å². The quantitative estimate of drug-likeness (QED) is 0.181. The van der Waals surface area contributed by atoms with Crippen LogP contribution in [-0.4, -0.2) is 25.5 Å². The van der Waals surface area contributed by atoms with E-state index in [2.05, 4.69) is 0 Å². The van der Waals surface area contributed by atoms with E-state index >= 15 is 0 Å². The van der Waals surface area contributed by atoms with E-state index < -0.39 is 5.92 Å². The molecule has 0 saturated heterocycles. The van der Waals surface area contributed by atoms with Crippen molar-refractivity contribution < 1.29 is 25.5 Å². The number of hydrogen-bond donors (Lipinski definition) is 5. The minimum absolute atomic E-state index is 0.0602. The second-order valence-corrected chi connectivity index (χ2v) is 8.67. The molecule has 0 aliphatic carbocycles. The highest BCUT2D eigenvalue weighted by molar-refractivity contribution is 5.71. The zero-order valence-corrected chi connectivity index (χ0v) is 19.2. The maximum Gasteiger partial charge on any atom is 0.119 e. The normalized spacial score (nSPS) is 11.0. The third-order valence-electron chi connectivity index (χ3n) is 6.30. The molecule has 0 aliphatic heterocycles. The minimum atomic E-state index is -0.556. The summed E-state index contributed by atoms with van der Waals surface area (Å²) in [6, 6.07) is 30.8. The molecule has 0 saturated carbocycles. The molecule has 5 N–H and O–H groups in total. The van der Waals surface area contributed by atoms with Gasteiger partial charge in [-0.25, -0.2) is 0 Å². The molecule has 0 unspecified atom stereocenters. The van der Waals surface area contributed by atoms with Crippen molar-refractivity contribution in [2.24, 2.45) is 0 Å². The van der Waals surface area contributed by atoms with Gasteiger partial charge >= 0.3 is 0 Å². The highest BCUT2D eigenvalue weighted by Gasteiger charge is 2.24. The zero-order valence-electron chi connectivity index (χ0n) is 19.2. The maximum atomic E-state index is 11.0. The first-order chi connectivity index (χ1) is 17.4. The average molecular weight is 477 g/mol. The van der Waals surface area contributed by atoms with Crippen LogP contribution in [0, 0.1) is 0 Å². The molecule has 0 spiro atoms. The Morgan fingerprint density at radius 1 is 0.361 bits per heavy atom. The fraction of sp³-hybridized carbons (Fsp3) is 0.0323. The van der Waals surface area contributed by atoms with E-state index in [1.165, 1.54) is 0 Å². The molecule has 5 aromatic carbocycles. The van der Waals surface area contributed by atoms with Crippen LogP contribution < -0.4 is 0 Å². The second-order valence-electron chi connectivity index (χ2n) is 8.67. The molecule has 0 heterocycles. The number of benzene rings is 5. The monoisotopic (exact) mass is 476 g/mol. The van der Waals surface area contributed by atoms with Crippen LogP contribution in [-0.2, 0) is 0 Å². The topological polar surface area (TPSA) is 101 Å². The fourth-order valence-corrected chi connectivity index (χ4v) is 4.43. The van der Waals surface area contributed by atoms with Crippen LogP contribution in [0.3, 0.4) is 0 Å². The molecule has 0 bridgehead atoms. The summed E-state index contributed by atoms with van der Waals surface area (Å²) in [6.07, 6.45) is 0. The van der Waals surface area contributed by atoms with Crippen molar-refractivity contribution in [3.63, 3.8) is 0 Å². The van der Waals surface area contributed by atoms with Crippen molar-refractivity contribution in [1.82, 2.24) is 0 Å².